The lowest BCUT2D eigenvalue weighted by molar-refractivity contribution is 0.181. The third-order valence-corrected chi connectivity index (χ3v) is 4.32. The Morgan fingerprint density at radius 3 is 2.68 bits per heavy atom. The molecule has 2 aromatic rings. The number of aliphatic hydroxyl groups excluding tert-OH is 1. The molecule has 1 aromatic heterocycles. The number of benzene rings is 1. The molecule has 19 heavy (non-hydrogen) atoms. The van der Waals surface area contributed by atoms with Gasteiger partial charge in [-0.1, -0.05) is 25.1 Å². The topological polar surface area (TPSA) is 42.6 Å². The van der Waals surface area contributed by atoms with Crippen LogP contribution in [0.25, 0.3) is 0 Å². The molecule has 1 heterocycles. The van der Waals surface area contributed by atoms with Gasteiger partial charge in [0, 0.05) is 5.56 Å². The maximum Gasteiger partial charge on any atom is 0.183 e. The molecule has 0 saturated carbocycles. The average Bonchev–Trinajstić information content (AvgIpc) is 2.76. The van der Waals surface area contributed by atoms with Gasteiger partial charge in [-0.3, -0.25) is 0 Å². The van der Waals surface area contributed by atoms with Gasteiger partial charge in [0.1, 0.15) is 17.6 Å². The normalized spacial score (nSPS) is 12.4. The fraction of sp³-hybridized carbons (Fsp3) is 0.286. The van der Waals surface area contributed by atoms with Gasteiger partial charge in [-0.2, -0.15) is 0 Å². The largest absolute Gasteiger partial charge is 0.493 e. The molecule has 0 aliphatic rings. The van der Waals surface area contributed by atoms with Crippen LogP contribution < -0.4 is 4.74 Å². The van der Waals surface area contributed by atoms with Crippen LogP contribution in [0.1, 0.15) is 30.8 Å². The molecular weight excluding hydrogens is 376 g/mol. The standard InChI is InChI=1S/C14H14Br2O3/c1-2-7-18-11-6-4-3-5-9(11)13(17)12-8-10(15)14(16)19-12/h3-6,8,13,17H,2,7H2,1H3. The van der Waals surface area contributed by atoms with Crippen molar-refractivity contribution in [2.24, 2.45) is 0 Å². The molecule has 0 aliphatic carbocycles. The van der Waals surface area contributed by atoms with Gasteiger partial charge in [0.25, 0.3) is 0 Å². The highest BCUT2D eigenvalue weighted by molar-refractivity contribution is 9.13. The van der Waals surface area contributed by atoms with Crippen LogP contribution in [0.2, 0.25) is 0 Å². The first-order valence-corrected chi connectivity index (χ1v) is 7.56. The van der Waals surface area contributed by atoms with E-state index in [0.29, 0.717) is 28.3 Å². The molecule has 1 N–H and O–H groups in total. The van der Waals surface area contributed by atoms with E-state index in [1.165, 1.54) is 0 Å². The van der Waals surface area contributed by atoms with Crippen molar-refractivity contribution in [3.8, 4) is 5.75 Å². The Hall–Kier alpha value is -0.780. The first-order chi connectivity index (χ1) is 9.13. The summed E-state index contributed by atoms with van der Waals surface area (Å²) < 4.78 is 12.4. The molecule has 1 atom stereocenters. The van der Waals surface area contributed by atoms with Crippen molar-refractivity contribution in [3.63, 3.8) is 0 Å². The minimum Gasteiger partial charge on any atom is -0.493 e. The smallest absolute Gasteiger partial charge is 0.183 e. The highest BCUT2D eigenvalue weighted by Crippen LogP contribution is 2.35. The molecular formula is C14H14Br2O3. The summed E-state index contributed by atoms with van der Waals surface area (Å²) in [4.78, 5) is 0. The van der Waals surface area contributed by atoms with Crippen molar-refractivity contribution in [1.82, 2.24) is 0 Å². The summed E-state index contributed by atoms with van der Waals surface area (Å²) in [6, 6.07) is 9.17. The molecule has 0 fully saturated rings. The summed E-state index contributed by atoms with van der Waals surface area (Å²) in [5.74, 6) is 1.15. The predicted molar refractivity (Wildman–Crippen MR) is 80.4 cm³/mol. The summed E-state index contributed by atoms with van der Waals surface area (Å²) >= 11 is 6.60. The van der Waals surface area contributed by atoms with E-state index in [1.807, 2.05) is 31.2 Å². The minimum absolute atomic E-state index is 0.464. The van der Waals surface area contributed by atoms with Crippen molar-refractivity contribution < 1.29 is 14.3 Å². The number of para-hydroxylation sites is 1. The summed E-state index contributed by atoms with van der Waals surface area (Å²) in [6.07, 6.45) is 0.0677. The van der Waals surface area contributed by atoms with E-state index in [1.54, 1.807) is 6.07 Å². The van der Waals surface area contributed by atoms with Gasteiger partial charge < -0.3 is 14.3 Å². The van der Waals surface area contributed by atoms with Crippen LogP contribution in [0.3, 0.4) is 0 Å². The van der Waals surface area contributed by atoms with Gasteiger partial charge in [0.15, 0.2) is 4.67 Å². The predicted octanol–water partition coefficient (Wildman–Crippen LogP) is 4.68. The zero-order valence-electron chi connectivity index (χ0n) is 10.4. The molecule has 102 valence electrons. The highest BCUT2D eigenvalue weighted by atomic mass is 79.9. The first kappa shape index (κ1) is 14.6. The Morgan fingerprint density at radius 2 is 2.05 bits per heavy atom. The summed E-state index contributed by atoms with van der Waals surface area (Å²) in [5.41, 5.74) is 0.699. The van der Waals surface area contributed by atoms with Crippen molar-refractivity contribution >= 4 is 31.9 Å². The third kappa shape index (κ3) is 3.41. The molecule has 1 unspecified atom stereocenters. The number of ether oxygens (including phenoxy) is 1. The van der Waals surface area contributed by atoms with E-state index in [-0.39, 0.29) is 0 Å². The Kier molecular flexibility index (Phi) is 5.07. The zero-order valence-corrected chi connectivity index (χ0v) is 13.6. The Morgan fingerprint density at radius 1 is 1.32 bits per heavy atom. The van der Waals surface area contributed by atoms with Crippen LogP contribution >= 0.6 is 31.9 Å². The van der Waals surface area contributed by atoms with E-state index in [4.69, 9.17) is 9.15 Å². The van der Waals surface area contributed by atoms with E-state index in [0.717, 1.165) is 10.9 Å². The van der Waals surface area contributed by atoms with Crippen LogP contribution in [0.15, 0.2) is 43.9 Å². The zero-order chi connectivity index (χ0) is 13.8. The molecule has 0 aliphatic heterocycles. The van der Waals surface area contributed by atoms with Gasteiger partial charge >= 0.3 is 0 Å². The van der Waals surface area contributed by atoms with Gasteiger partial charge in [0.2, 0.25) is 0 Å². The second-order valence-corrected chi connectivity index (χ2v) is 5.63. The molecule has 5 heteroatoms. The lowest BCUT2D eigenvalue weighted by Gasteiger charge is -2.14. The molecule has 2 rings (SSSR count). The Labute approximate surface area is 128 Å². The van der Waals surface area contributed by atoms with E-state index in [9.17, 15) is 5.11 Å². The third-order valence-electron chi connectivity index (χ3n) is 2.61. The maximum absolute atomic E-state index is 10.4. The fourth-order valence-electron chi connectivity index (χ4n) is 1.70. The van der Waals surface area contributed by atoms with Gasteiger partial charge in [-0.25, -0.2) is 0 Å². The fourth-order valence-corrected chi connectivity index (χ4v) is 2.31. The number of hydrogen-bond donors (Lipinski definition) is 1. The number of halogens is 2. The number of rotatable bonds is 5. The van der Waals surface area contributed by atoms with Gasteiger partial charge in [-0.05, 0) is 50.4 Å². The van der Waals surface area contributed by atoms with E-state index in [2.05, 4.69) is 31.9 Å². The molecule has 0 amide bonds. The van der Waals surface area contributed by atoms with Crippen molar-refractivity contribution in [3.05, 3.63) is 50.8 Å². The molecule has 0 bridgehead atoms. The summed E-state index contributed by atoms with van der Waals surface area (Å²) in [5, 5.41) is 10.4. The molecule has 3 nitrogen and oxygen atoms in total. The lowest BCUT2D eigenvalue weighted by atomic mass is 10.1. The van der Waals surface area contributed by atoms with Crippen molar-refractivity contribution in [2.75, 3.05) is 6.61 Å². The highest BCUT2D eigenvalue weighted by Gasteiger charge is 2.20. The van der Waals surface area contributed by atoms with Gasteiger partial charge in [0.05, 0.1) is 11.1 Å². The Bertz CT molecular complexity index is 532. The molecule has 0 spiro atoms. The quantitative estimate of drug-likeness (QED) is 0.807. The van der Waals surface area contributed by atoms with Crippen LogP contribution in [-0.4, -0.2) is 11.7 Å². The molecule has 0 radical (unpaired) electrons. The van der Waals surface area contributed by atoms with Crippen LogP contribution in [0.5, 0.6) is 5.75 Å². The number of aliphatic hydroxyl groups is 1. The van der Waals surface area contributed by atoms with Crippen LogP contribution in [0, 0.1) is 0 Å². The van der Waals surface area contributed by atoms with Crippen LogP contribution in [-0.2, 0) is 0 Å². The van der Waals surface area contributed by atoms with E-state index < -0.39 is 6.10 Å². The first-order valence-electron chi connectivity index (χ1n) is 5.98. The number of furan rings is 1. The maximum atomic E-state index is 10.4. The number of hydrogen-bond acceptors (Lipinski definition) is 3. The average molecular weight is 390 g/mol. The monoisotopic (exact) mass is 388 g/mol. The van der Waals surface area contributed by atoms with Crippen LogP contribution in [0.4, 0.5) is 0 Å². The lowest BCUT2D eigenvalue weighted by Crippen LogP contribution is -2.04. The Balaban J connectivity index is 2.30. The van der Waals surface area contributed by atoms with Crippen molar-refractivity contribution in [1.29, 1.82) is 0 Å². The minimum atomic E-state index is -0.851. The van der Waals surface area contributed by atoms with E-state index >= 15 is 0 Å². The van der Waals surface area contributed by atoms with Crippen molar-refractivity contribution in [2.45, 2.75) is 19.4 Å². The van der Waals surface area contributed by atoms with Gasteiger partial charge in [-0.15, -0.1) is 0 Å². The molecule has 1 aromatic carbocycles. The second-order valence-electron chi connectivity index (χ2n) is 4.06. The second kappa shape index (κ2) is 6.59. The SMILES string of the molecule is CCCOc1ccccc1C(O)c1cc(Br)c(Br)o1. The summed E-state index contributed by atoms with van der Waals surface area (Å²) in [6.45, 7) is 2.66. The molecule has 0 saturated heterocycles. The summed E-state index contributed by atoms with van der Waals surface area (Å²) in [7, 11) is 0.